The Morgan fingerprint density at radius 3 is 2.74 bits per heavy atom. The van der Waals surface area contributed by atoms with Gasteiger partial charge in [-0.3, -0.25) is 9.59 Å². The van der Waals surface area contributed by atoms with Crippen LogP contribution in [0.5, 0.6) is 0 Å². The van der Waals surface area contributed by atoms with Crippen LogP contribution in [0.3, 0.4) is 0 Å². The third-order valence-electron chi connectivity index (χ3n) is 4.54. The number of fused-ring (bicyclic) bond motifs is 1. The van der Waals surface area contributed by atoms with Gasteiger partial charge in [0.2, 0.25) is 0 Å². The zero-order valence-electron chi connectivity index (χ0n) is 15.7. The number of nitrogens with zero attached hydrogens (tertiary/aromatic N) is 4. The first-order chi connectivity index (χ1) is 14.8. The molecule has 5 N–H and O–H groups in total. The van der Waals surface area contributed by atoms with E-state index < -0.39 is 22.6 Å². The molecule has 31 heavy (non-hydrogen) atoms. The quantitative estimate of drug-likeness (QED) is 0.310. The second kappa shape index (κ2) is 7.33. The van der Waals surface area contributed by atoms with Crippen molar-refractivity contribution >= 4 is 34.4 Å². The normalized spacial score (nSPS) is 11.0. The van der Waals surface area contributed by atoms with E-state index in [-0.39, 0.29) is 40.6 Å². The van der Waals surface area contributed by atoms with Crippen molar-refractivity contribution < 1.29 is 14.3 Å². The number of benzene rings is 1. The van der Waals surface area contributed by atoms with Crippen LogP contribution in [0.4, 0.5) is 21.5 Å². The number of hydrogen-bond donors (Lipinski definition) is 4. The fourth-order valence-electron chi connectivity index (χ4n) is 2.88. The number of nitrogen functional groups attached to an aromatic ring is 1. The minimum Gasteiger partial charge on any atom is -0.477 e. The summed E-state index contributed by atoms with van der Waals surface area (Å²) in [5, 5.41) is 22.2. The van der Waals surface area contributed by atoms with Gasteiger partial charge in [0, 0.05) is 6.54 Å². The number of halogens is 1. The van der Waals surface area contributed by atoms with Crippen molar-refractivity contribution in [1.29, 1.82) is 0 Å². The van der Waals surface area contributed by atoms with Crippen molar-refractivity contribution in [2.45, 2.75) is 6.54 Å². The molecule has 0 unspecified atom stereocenters. The molecule has 0 saturated heterocycles. The molecular weight excluding hydrogens is 409 g/mol. The smallest absolute Gasteiger partial charge is 0.354 e. The van der Waals surface area contributed by atoms with E-state index in [0.29, 0.717) is 11.3 Å². The number of nitrogens with one attached hydrogen (secondary N) is 2. The van der Waals surface area contributed by atoms with Crippen LogP contribution in [0.25, 0.3) is 11.3 Å². The summed E-state index contributed by atoms with van der Waals surface area (Å²) in [6, 6.07) is 5.43. The Morgan fingerprint density at radius 1 is 1.26 bits per heavy atom. The number of rotatable bonds is 7. The van der Waals surface area contributed by atoms with E-state index in [9.17, 15) is 23.9 Å². The van der Waals surface area contributed by atoms with Gasteiger partial charge in [0.1, 0.15) is 17.2 Å². The topological polar surface area (TPSA) is 165 Å². The minimum absolute atomic E-state index is 0.0262. The van der Waals surface area contributed by atoms with Crippen molar-refractivity contribution in [1.82, 2.24) is 25.1 Å². The van der Waals surface area contributed by atoms with Gasteiger partial charge in [-0.15, -0.1) is 5.10 Å². The van der Waals surface area contributed by atoms with E-state index in [2.05, 4.69) is 32.5 Å². The molecule has 4 aromatic rings. The molecule has 2 aromatic heterocycles. The average molecular weight is 423 g/mol. The maximum Gasteiger partial charge on any atom is 0.354 e. The van der Waals surface area contributed by atoms with E-state index in [4.69, 9.17) is 5.73 Å². The standard InChI is InChI=1S/C19H14FN7O4/c1-8(11-5-13(19(30)31)27-14(24-11)7-23-26-27)22-6-9-2-3-10(20)12(4-9)25-16-15(21)17(28)18(16)29/h2-5,7,22,25H,1,6,21H2,(H,30,31). The molecule has 0 spiro atoms. The van der Waals surface area contributed by atoms with E-state index in [1.165, 1.54) is 30.5 Å². The van der Waals surface area contributed by atoms with Crippen molar-refractivity contribution in [2.24, 2.45) is 0 Å². The maximum atomic E-state index is 14.1. The van der Waals surface area contributed by atoms with Crippen molar-refractivity contribution in [3.63, 3.8) is 0 Å². The molecule has 2 aromatic carbocycles. The maximum absolute atomic E-state index is 14.1. The number of aromatic carboxylic acids is 1. The van der Waals surface area contributed by atoms with E-state index in [1.807, 2.05) is 0 Å². The number of carbonyl (C=O) groups is 1. The van der Waals surface area contributed by atoms with E-state index in [1.54, 1.807) is 0 Å². The van der Waals surface area contributed by atoms with E-state index >= 15 is 0 Å². The number of carboxylic acids is 1. The van der Waals surface area contributed by atoms with Crippen LogP contribution in [-0.4, -0.2) is 30.9 Å². The number of carboxylic acid groups (broad SMARTS) is 1. The molecule has 0 atom stereocenters. The van der Waals surface area contributed by atoms with Crippen molar-refractivity contribution in [3.05, 3.63) is 80.3 Å². The third kappa shape index (κ3) is 3.46. The predicted molar refractivity (Wildman–Crippen MR) is 109 cm³/mol. The summed E-state index contributed by atoms with van der Waals surface area (Å²) < 4.78 is 15.2. The molecule has 0 saturated carbocycles. The summed E-state index contributed by atoms with van der Waals surface area (Å²) in [5.74, 6) is -1.85. The molecule has 156 valence electrons. The Bertz CT molecular complexity index is 1440. The number of hydrogen-bond acceptors (Lipinski definition) is 9. The number of aromatic nitrogens is 4. The van der Waals surface area contributed by atoms with Gasteiger partial charge in [-0.05, 0) is 23.8 Å². The number of nitrogens with two attached hydrogens (primary N) is 1. The second-order valence-corrected chi connectivity index (χ2v) is 6.55. The molecular formula is C19H14FN7O4. The molecule has 0 aliphatic carbocycles. The third-order valence-corrected chi connectivity index (χ3v) is 4.54. The van der Waals surface area contributed by atoms with Gasteiger partial charge in [-0.25, -0.2) is 14.2 Å². The van der Waals surface area contributed by atoms with Crippen molar-refractivity contribution in [3.8, 4) is 0 Å². The van der Waals surface area contributed by atoms with Crippen molar-refractivity contribution in [2.75, 3.05) is 11.1 Å². The summed E-state index contributed by atoms with van der Waals surface area (Å²) in [6.45, 7) is 4.04. The van der Waals surface area contributed by atoms with Gasteiger partial charge in [0.25, 0.3) is 10.9 Å². The lowest BCUT2D eigenvalue weighted by atomic mass is 10.1. The summed E-state index contributed by atoms with van der Waals surface area (Å²) >= 11 is 0. The average Bonchev–Trinajstić information content (AvgIpc) is 3.24. The molecule has 0 aliphatic rings. The van der Waals surface area contributed by atoms with Crippen LogP contribution >= 0.6 is 0 Å². The molecule has 11 nitrogen and oxygen atoms in total. The largest absolute Gasteiger partial charge is 0.477 e. The van der Waals surface area contributed by atoms with Gasteiger partial charge in [-0.1, -0.05) is 17.9 Å². The first kappa shape index (κ1) is 19.7. The molecule has 0 aliphatic heterocycles. The van der Waals surface area contributed by atoms with Crippen LogP contribution < -0.4 is 27.2 Å². The Kier molecular flexibility index (Phi) is 4.66. The highest BCUT2D eigenvalue weighted by Crippen LogP contribution is 2.23. The lowest BCUT2D eigenvalue weighted by Crippen LogP contribution is -2.36. The molecule has 0 amide bonds. The lowest BCUT2D eigenvalue weighted by Gasteiger charge is -2.14. The molecule has 0 fully saturated rings. The lowest BCUT2D eigenvalue weighted by molar-refractivity contribution is 0.0687. The SMILES string of the molecule is C=C(NCc1ccc(F)c(Nc2c(N)c(=O)c2=O)c1)c1cc(C(=O)O)n2nncc2n1. The molecule has 0 bridgehead atoms. The first-order valence-corrected chi connectivity index (χ1v) is 8.78. The summed E-state index contributed by atoms with van der Waals surface area (Å²) in [5.41, 5.74) is 4.71. The monoisotopic (exact) mass is 423 g/mol. The van der Waals surface area contributed by atoms with Crippen LogP contribution in [0.2, 0.25) is 0 Å². The summed E-state index contributed by atoms with van der Waals surface area (Å²) in [6.07, 6.45) is 1.31. The highest BCUT2D eigenvalue weighted by atomic mass is 19.1. The van der Waals surface area contributed by atoms with Gasteiger partial charge >= 0.3 is 5.97 Å². The summed E-state index contributed by atoms with van der Waals surface area (Å²) in [4.78, 5) is 38.5. The highest BCUT2D eigenvalue weighted by molar-refractivity contribution is 5.87. The zero-order chi connectivity index (χ0) is 22.3. The van der Waals surface area contributed by atoms with Crippen LogP contribution in [0.15, 0.2) is 46.6 Å². The Balaban J connectivity index is 1.52. The van der Waals surface area contributed by atoms with E-state index in [0.717, 1.165) is 4.52 Å². The highest BCUT2D eigenvalue weighted by Gasteiger charge is 2.19. The van der Waals surface area contributed by atoms with Gasteiger partial charge in [-0.2, -0.15) is 4.52 Å². The van der Waals surface area contributed by atoms with Gasteiger partial charge in [0.05, 0.1) is 23.3 Å². The molecule has 12 heteroatoms. The Labute approximate surface area is 172 Å². The fraction of sp³-hybridized carbons (Fsp3) is 0.0526. The fourth-order valence-corrected chi connectivity index (χ4v) is 2.88. The van der Waals surface area contributed by atoms with Gasteiger partial charge < -0.3 is 21.5 Å². The minimum atomic E-state index is -1.21. The zero-order valence-corrected chi connectivity index (χ0v) is 15.7. The predicted octanol–water partition coefficient (Wildman–Crippen LogP) is 0.644. The Morgan fingerprint density at radius 2 is 2.03 bits per heavy atom. The van der Waals surface area contributed by atoms with Crippen LogP contribution in [0, 0.1) is 5.82 Å². The molecule has 4 rings (SSSR count). The van der Waals surface area contributed by atoms with Crippen LogP contribution in [-0.2, 0) is 6.54 Å². The second-order valence-electron chi connectivity index (χ2n) is 6.55. The van der Waals surface area contributed by atoms with Crippen LogP contribution in [0.1, 0.15) is 21.7 Å². The summed E-state index contributed by atoms with van der Waals surface area (Å²) in [7, 11) is 0. The molecule has 0 radical (unpaired) electrons. The molecule has 2 heterocycles. The Hall–Kier alpha value is -4.61. The number of anilines is 3. The first-order valence-electron chi connectivity index (χ1n) is 8.78. The van der Waals surface area contributed by atoms with Gasteiger partial charge in [0.15, 0.2) is 11.3 Å².